The molecule has 19 heavy (non-hydrogen) atoms. The van der Waals surface area contributed by atoms with E-state index in [0.29, 0.717) is 12.1 Å². The van der Waals surface area contributed by atoms with E-state index in [4.69, 9.17) is 0 Å². The van der Waals surface area contributed by atoms with Crippen molar-refractivity contribution < 1.29 is 31.4 Å². The summed E-state index contributed by atoms with van der Waals surface area (Å²) in [6.45, 7) is -0.586. The summed E-state index contributed by atoms with van der Waals surface area (Å²) in [5, 5.41) is 9.25. The number of aliphatic hydroxyl groups is 1. The Balaban J connectivity index is 2.92. The van der Waals surface area contributed by atoms with E-state index in [1.807, 2.05) is 4.72 Å². The zero-order valence-corrected chi connectivity index (χ0v) is 10.7. The van der Waals surface area contributed by atoms with Crippen LogP contribution in [0.15, 0.2) is 17.0 Å². The average Bonchev–Trinajstić information content (AvgIpc) is 2.34. The van der Waals surface area contributed by atoms with Crippen LogP contribution in [0.25, 0.3) is 0 Å². The summed E-state index contributed by atoms with van der Waals surface area (Å²) in [7, 11) is -3.09. The highest BCUT2D eigenvalue weighted by atomic mass is 32.2. The van der Waals surface area contributed by atoms with Crippen molar-refractivity contribution in [3.8, 4) is 0 Å². The predicted molar refractivity (Wildman–Crippen MR) is 59.4 cm³/mol. The molecule has 108 valence electrons. The summed E-state index contributed by atoms with van der Waals surface area (Å²) >= 11 is 0. The van der Waals surface area contributed by atoms with Crippen molar-refractivity contribution in [3.63, 3.8) is 0 Å². The van der Waals surface area contributed by atoms with E-state index in [1.165, 1.54) is 7.11 Å². The maximum absolute atomic E-state index is 13.3. The number of aliphatic hydroxyl groups excluding tert-OH is 1. The molecule has 1 rings (SSSR count). The number of methoxy groups -OCH3 is 1. The Morgan fingerprint density at radius 1 is 1.32 bits per heavy atom. The SMILES string of the molecule is COCC(O)CNS(=O)(=O)c1ccc(F)c(F)c1F. The second-order valence-electron chi connectivity index (χ2n) is 3.63. The number of ether oxygens (including phenoxy) is 1. The Bertz CT molecular complexity index is 550. The molecule has 0 heterocycles. The van der Waals surface area contributed by atoms with E-state index in [2.05, 4.69) is 4.74 Å². The van der Waals surface area contributed by atoms with Gasteiger partial charge in [-0.3, -0.25) is 0 Å². The van der Waals surface area contributed by atoms with E-state index in [9.17, 15) is 26.7 Å². The van der Waals surface area contributed by atoms with E-state index in [-0.39, 0.29) is 6.61 Å². The van der Waals surface area contributed by atoms with Gasteiger partial charge in [-0.15, -0.1) is 0 Å². The van der Waals surface area contributed by atoms with Gasteiger partial charge >= 0.3 is 0 Å². The van der Waals surface area contributed by atoms with Crippen molar-refractivity contribution in [2.45, 2.75) is 11.0 Å². The molecule has 0 bridgehead atoms. The zero-order valence-electron chi connectivity index (χ0n) is 9.86. The molecule has 1 atom stereocenters. The van der Waals surface area contributed by atoms with Crippen molar-refractivity contribution in [3.05, 3.63) is 29.6 Å². The first-order valence-electron chi connectivity index (χ1n) is 5.09. The summed E-state index contributed by atoms with van der Waals surface area (Å²) < 4.78 is 68.6. The lowest BCUT2D eigenvalue weighted by Gasteiger charge is -2.12. The van der Waals surface area contributed by atoms with Gasteiger partial charge in [0.05, 0.1) is 12.7 Å². The molecular formula is C10H12F3NO4S. The highest BCUT2D eigenvalue weighted by Crippen LogP contribution is 2.19. The minimum absolute atomic E-state index is 0.136. The van der Waals surface area contributed by atoms with E-state index >= 15 is 0 Å². The fraction of sp³-hybridized carbons (Fsp3) is 0.400. The second kappa shape index (κ2) is 6.33. The van der Waals surface area contributed by atoms with Crippen molar-refractivity contribution in [1.82, 2.24) is 4.72 Å². The number of rotatable bonds is 6. The number of benzene rings is 1. The van der Waals surface area contributed by atoms with Crippen LogP contribution in [-0.2, 0) is 14.8 Å². The Morgan fingerprint density at radius 2 is 1.95 bits per heavy atom. The molecule has 0 aliphatic carbocycles. The van der Waals surface area contributed by atoms with Gasteiger partial charge in [-0.25, -0.2) is 26.3 Å². The van der Waals surface area contributed by atoms with E-state index in [1.54, 1.807) is 0 Å². The Morgan fingerprint density at radius 3 is 2.53 bits per heavy atom. The van der Waals surface area contributed by atoms with Crippen LogP contribution in [0.1, 0.15) is 0 Å². The summed E-state index contributed by atoms with van der Waals surface area (Å²) in [4.78, 5) is -1.03. The highest BCUT2D eigenvalue weighted by molar-refractivity contribution is 7.89. The minimum Gasteiger partial charge on any atom is -0.389 e. The summed E-state index contributed by atoms with van der Waals surface area (Å²) in [6, 6.07) is 1.09. The van der Waals surface area contributed by atoms with Crippen LogP contribution >= 0.6 is 0 Å². The largest absolute Gasteiger partial charge is 0.389 e. The van der Waals surface area contributed by atoms with Gasteiger partial charge in [-0.1, -0.05) is 0 Å². The van der Waals surface area contributed by atoms with Crippen molar-refractivity contribution >= 4 is 10.0 Å². The van der Waals surface area contributed by atoms with Crippen molar-refractivity contribution in [1.29, 1.82) is 0 Å². The monoisotopic (exact) mass is 299 g/mol. The molecule has 5 nitrogen and oxygen atoms in total. The number of halogens is 3. The van der Waals surface area contributed by atoms with Gasteiger partial charge in [0, 0.05) is 13.7 Å². The predicted octanol–water partition coefficient (Wildman–Crippen LogP) is 0.390. The van der Waals surface area contributed by atoms with Crippen molar-refractivity contribution in [2.24, 2.45) is 0 Å². The molecule has 2 N–H and O–H groups in total. The molecule has 0 saturated heterocycles. The van der Waals surface area contributed by atoms with Gasteiger partial charge in [-0.2, -0.15) is 0 Å². The summed E-state index contributed by atoms with van der Waals surface area (Å²) in [6.07, 6.45) is -1.15. The minimum atomic E-state index is -4.39. The Hall–Kier alpha value is -1.16. The maximum atomic E-state index is 13.3. The molecule has 0 saturated carbocycles. The first kappa shape index (κ1) is 15.9. The average molecular weight is 299 g/mol. The van der Waals surface area contributed by atoms with Crippen LogP contribution in [0.2, 0.25) is 0 Å². The third-order valence-electron chi connectivity index (χ3n) is 2.16. The molecule has 0 fully saturated rings. The van der Waals surface area contributed by atoms with Gasteiger partial charge in [0.2, 0.25) is 10.0 Å². The molecule has 0 radical (unpaired) electrons. The standard InChI is InChI=1S/C10H12F3NO4S/c1-18-5-6(15)4-14-19(16,17)8-3-2-7(11)9(12)10(8)13/h2-3,6,14-15H,4-5H2,1H3. The number of hydrogen-bond donors (Lipinski definition) is 2. The molecule has 0 aliphatic rings. The molecule has 0 amide bonds. The van der Waals surface area contributed by atoms with Crippen LogP contribution in [0.5, 0.6) is 0 Å². The quantitative estimate of drug-likeness (QED) is 0.745. The fourth-order valence-corrected chi connectivity index (χ4v) is 2.39. The smallest absolute Gasteiger partial charge is 0.243 e. The second-order valence-corrected chi connectivity index (χ2v) is 5.37. The Labute approximate surface area is 108 Å². The third-order valence-corrected chi connectivity index (χ3v) is 3.60. The topological polar surface area (TPSA) is 75.6 Å². The highest BCUT2D eigenvalue weighted by Gasteiger charge is 2.24. The van der Waals surface area contributed by atoms with Gasteiger partial charge in [-0.05, 0) is 12.1 Å². The lowest BCUT2D eigenvalue weighted by molar-refractivity contribution is 0.0679. The van der Waals surface area contributed by atoms with Gasteiger partial charge in [0.1, 0.15) is 4.90 Å². The molecule has 1 aromatic carbocycles. The van der Waals surface area contributed by atoms with Crippen LogP contribution < -0.4 is 4.72 Å². The van der Waals surface area contributed by atoms with Crippen molar-refractivity contribution in [2.75, 3.05) is 20.3 Å². The molecule has 0 spiro atoms. The lowest BCUT2D eigenvalue weighted by atomic mass is 10.3. The van der Waals surface area contributed by atoms with E-state index < -0.39 is 45.0 Å². The van der Waals surface area contributed by atoms with Crippen LogP contribution in [0.3, 0.4) is 0 Å². The normalized spacial score (nSPS) is 13.5. The van der Waals surface area contributed by atoms with E-state index in [0.717, 1.165) is 0 Å². The number of nitrogens with one attached hydrogen (secondary N) is 1. The summed E-state index contributed by atoms with van der Waals surface area (Å²) in [5.41, 5.74) is 0. The molecule has 1 unspecified atom stereocenters. The first-order valence-corrected chi connectivity index (χ1v) is 6.58. The maximum Gasteiger partial charge on any atom is 0.243 e. The number of hydrogen-bond acceptors (Lipinski definition) is 4. The Kier molecular flexibility index (Phi) is 5.29. The number of sulfonamides is 1. The molecule has 9 heteroatoms. The molecule has 0 aromatic heterocycles. The first-order chi connectivity index (χ1) is 8.79. The lowest BCUT2D eigenvalue weighted by Crippen LogP contribution is -2.34. The van der Waals surface area contributed by atoms with Crippen LogP contribution in [0, 0.1) is 17.5 Å². The van der Waals surface area contributed by atoms with Crippen LogP contribution in [0.4, 0.5) is 13.2 Å². The van der Waals surface area contributed by atoms with Gasteiger partial charge in [0.25, 0.3) is 0 Å². The zero-order chi connectivity index (χ0) is 14.6. The molecule has 1 aromatic rings. The molecular weight excluding hydrogens is 287 g/mol. The van der Waals surface area contributed by atoms with Crippen LogP contribution in [-0.4, -0.2) is 39.9 Å². The third kappa shape index (κ3) is 3.90. The summed E-state index contributed by atoms with van der Waals surface area (Å²) in [5.74, 6) is -5.18. The van der Waals surface area contributed by atoms with Gasteiger partial charge < -0.3 is 9.84 Å². The van der Waals surface area contributed by atoms with Gasteiger partial charge in [0.15, 0.2) is 17.5 Å². The fourth-order valence-electron chi connectivity index (χ4n) is 1.25. The molecule has 0 aliphatic heterocycles.